The van der Waals surface area contributed by atoms with Crippen LogP contribution >= 0.6 is 0 Å². The van der Waals surface area contributed by atoms with Crippen LogP contribution in [0.3, 0.4) is 0 Å². The Morgan fingerprint density at radius 1 is 1.23 bits per heavy atom. The first kappa shape index (κ1) is 9.97. The van der Waals surface area contributed by atoms with Crippen LogP contribution in [0.2, 0.25) is 0 Å². The summed E-state index contributed by atoms with van der Waals surface area (Å²) in [5, 5.41) is 0. The van der Waals surface area contributed by atoms with E-state index in [0.29, 0.717) is 0 Å². The number of hydrogen-bond acceptors (Lipinski definition) is 1. The highest BCUT2D eigenvalue weighted by Gasteiger charge is 1.91. The third-order valence-corrected chi connectivity index (χ3v) is 1.97. The molecule has 0 saturated heterocycles. The van der Waals surface area contributed by atoms with Gasteiger partial charge in [0.15, 0.2) is 0 Å². The minimum absolute atomic E-state index is 1.07. The molecule has 0 aliphatic carbocycles. The van der Waals surface area contributed by atoms with Crippen molar-refractivity contribution in [3.8, 4) is 0 Å². The summed E-state index contributed by atoms with van der Waals surface area (Å²) in [5.74, 6) is 0. The van der Waals surface area contributed by atoms with E-state index < -0.39 is 0 Å². The van der Waals surface area contributed by atoms with Gasteiger partial charge < -0.3 is 0 Å². The molecule has 0 amide bonds. The molecule has 70 valence electrons. The first-order valence-electron chi connectivity index (χ1n) is 4.92. The first-order valence-corrected chi connectivity index (χ1v) is 4.92. The molecule has 0 heterocycles. The first-order chi connectivity index (χ1) is 6.33. The number of nitrogens with zero attached hydrogens (tertiary/aromatic N) is 1. The monoisotopic (exact) mass is 175 g/mol. The molecule has 0 aliphatic heterocycles. The van der Waals surface area contributed by atoms with Gasteiger partial charge in [-0.15, -0.1) is 0 Å². The van der Waals surface area contributed by atoms with E-state index in [1.54, 1.807) is 0 Å². The van der Waals surface area contributed by atoms with Crippen molar-refractivity contribution in [2.24, 2.45) is 4.99 Å². The molecule has 1 rings (SSSR count). The van der Waals surface area contributed by atoms with Gasteiger partial charge >= 0.3 is 0 Å². The van der Waals surface area contributed by atoms with E-state index >= 15 is 0 Å². The van der Waals surface area contributed by atoms with Crippen LogP contribution in [-0.2, 0) is 0 Å². The summed E-state index contributed by atoms with van der Waals surface area (Å²) >= 11 is 0. The molecule has 0 atom stereocenters. The van der Waals surface area contributed by atoms with Crippen LogP contribution in [0.25, 0.3) is 0 Å². The van der Waals surface area contributed by atoms with Gasteiger partial charge in [0.2, 0.25) is 0 Å². The van der Waals surface area contributed by atoms with Gasteiger partial charge in [0.05, 0.1) is 5.69 Å². The Morgan fingerprint density at radius 2 is 1.92 bits per heavy atom. The highest BCUT2D eigenvalue weighted by atomic mass is 14.7. The SMILES string of the molecule is CCCCC(C)=Nc1ccccc1. The van der Waals surface area contributed by atoms with Gasteiger partial charge in [0.1, 0.15) is 0 Å². The normalized spacial score (nSPS) is 11.7. The molecule has 0 saturated carbocycles. The van der Waals surface area contributed by atoms with Crippen LogP contribution in [0.1, 0.15) is 33.1 Å². The lowest BCUT2D eigenvalue weighted by Crippen LogP contribution is -1.89. The van der Waals surface area contributed by atoms with Crippen molar-refractivity contribution < 1.29 is 0 Å². The van der Waals surface area contributed by atoms with E-state index in [9.17, 15) is 0 Å². The van der Waals surface area contributed by atoms with Gasteiger partial charge in [-0.25, -0.2) is 0 Å². The maximum atomic E-state index is 4.51. The van der Waals surface area contributed by atoms with Crippen LogP contribution in [-0.4, -0.2) is 5.71 Å². The Hall–Kier alpha value is -1.11. The van der Waals surface area contributed by atoms with E-state index in [2.05, 4.69) is 18.8 Å². The second kappa shape index (κ2) is 5.52. The smallest absolute Gasteiger partial charge is 0.0628 e. The summed E-state index contributed by atoms with van der Waals surface area (Å²) in [6.45, 7) is 4.30. The van der Waals surface area contributed by atoms with Crippen molar-refractivity contribution >= 4 is 11.4 Å². The van der Waals surface area contributed by atoms with Crippen molar-refractivity contribution in [1.82, 2.24) is 0 Å². The van der Waals surface area contributed by atoms with Crippen LogP contribution in [0.4, 0.5) is 5.69 Å². The fraction of sp³-hybridized carbons (Fsp3) is 0.417. The summed E-state index contributed by atoms with van der Waals surface area (Å²) in [6, 6.07) is 10.1. The Balaban J connectivity index is 2.55. The molecule has 0 radical (unpaired) electrons. The average Bonchev–Trinajstić information content (AvgIpc) is 2.16. The van der Waals surface area contributed by atoms with E-state index in [1.165, 1.54) is 18.6 Å². The second-order valence-corrected chi connectivity index (χ2v) is 3.29. The van der Waals surface area contributed by atoms with Crippen LogP contribution < -0.4 is 0 Å². The number of hydrogen-bond donors (Lipinski definition) is 0. The Kier molecular flexibility index (Phi) is 4.24. The summed E-state index contributed by atoms with van der Waals surface area (Å²) in [5.41, 5.74) is 2.30. The molecule has 1 heteroatoms. The lowest BCUT2D eigenvalue weighted by molar-refractivity contribution is 0.833. The highest BCUT2D eigenvalue weighted by Crippen LogP contribution is 2.11. The molecular formula is C12H17N. The van der Waals surface area contributed by atoms with Gasteiger partial charge in [-0.2, -0.15) is 0 Å². The molecule has 0 aromatic heterocycles. The Morgan fingerprint density at radius 3 is 2.54 bits per heavy atom. The number of benzene rings is 1. The van der Waals surface area contributed by atoms with Crippen molar-refractivity contribution in [2.45, 2.75) is 33.1 Å². The van der Waals surface area contributed by atoms with Crippen molar-refractivity contribution in [2.75, 3.05) is 0 Å². The zero-order chi connectivity index (χ0) is 9.52. The molecule has 1 aromatic rings. The third kappa shape index (κ3) is 3.88. The van der Waals surface area contributed by atoms with Gasteiger partial charge in [0.25, 0.3) is 0 Å². The van der Waals surface area contributed by atoms with Gasteiger partial charge in [-0.1, -0.05) is 31.5 Å². The van der Waals surface area contributed by atoms with Crippen molar-refractivity contribution in [1.29, 1.82) is 0 Å². The molecule has 13 heavy (non-hydrogen) atoms. The molecule has 0 spiro atoms. The number of aliphatic imine (C=N–C) groups is 1. The summed E-state index contributed by atoms with van der Waals surface area (Å²) in [7, 11) is 0. The molecule has 1 nitrogen and oxygen atoms in total. The maximum absolute atomic E-state index is 4.51. The van der Waals surface area contributed by atoms with Crippen molar-refractivity contribution in [3.05, 3.63) is 30.3 Å². The average molecular weight is 175 g/mol. The van der Waals surface area contributed by atoms with Gasteiger partial charge in [0, 0.05) is 5.71 Å². The van der Waals surface area contributed by atoms with Crippen LogP contribution in [0.15, 0.2) is 35.3 Å². The summed E-state index contributed by atoms with van der Waals surface area (Å²) < 4.78 is 0. The third-order valence-electron chi connectivity index (χ3n) is 1.97. The molecule has 0 fully saturated rings. The number of para-hydroxylation sites is 1. The zero-order valence-electron chi connectivity index (χ0n) is 8.46. The fourth-order valence-electron chi connectivity index (χ4n) is 1.21. The van der Waals surface area contributed by atoms with Gasteiger partial charge in [-0.3, -0.25) is 4.99 Å². The predicted octanol–water partition coefficient (Wildman–Crippen LogP) is 3.97. The van der Waals surface area contributed by atoms with E-state index in [1.807, 2.05) is 30.3 Å². The molecular weight excluding hydrogens is 158 g/mol. The lowest BCUT2D eigenvalue weighted by Gasteiger charge is -1.98. The number of rotatable bonds is 4. The molecule has 0 aliphatic rings. The summed E-state index contributed by atoms with van der Waals surface area (Å²) in [4.78, 5) is 4.51. The quantitative estimate of drug-likeness (QED) is 0.614. The van der Waals surface area contributed by atoms with E-state index in [4.69, 9.17) is 0 Å². The van der Waals surface area contributed by atoms with Gasteiger partial charge in [-0.05, 0) is 31.9 Å². The van der Waals surface area contributed by atoms with E-state index in [0.717, 1.165) is 12.1 Å². The zero-order valence-corrected chi connectivity index (χ0v) is 8.46. The fourth-order valence-corrected chi connectivity index (χ4v) is 1.21. The lowest BCUT2D eigenvalue weighted by atomic mass is 10.2. The van der Waals surface area contributed by atoms with E-state index in [-0.39, 0.29) is 0 Å². The molecule has 1 aromatic carbocycles. The predicted molar refractivity (Wildman–Crippen MR) is 58.7 cm³/mol. The van der Waals surface area contributed by atoms with Crippen molar-refractivity contribution in [3.63, 3.8) is 0 Å². The highest BCUT2D eigenvalue weighted by molar-refractivity contribution is 5.84. The molecule has 0 bridgehead atoms. The Labute approximate surface area is 80.5 Å². The minimum Gasteiger partial charge on any atom is -0.258 e. The maximum Gasteiger partial charge on any atom is 0.0628 e. The molecule has 0 unspecified atom stereocenters. The largest absolute Gasteiger partial charge is 0.258 e. The minimum atomic E-state index is 1.07. The topological polar surface area (TPSA) is 12.4 Å². The van der Waals surface area contributed by atoms with Crippen LogP contribution in [0, 0.1) is 0 Å². The standard InChI is InChI=1S/C12H17N/c1-3-4-8-11(2)13-12-9-6-5-7-10-12/h5-7,9-10H,3-4,8H2,1-2H3. The molecule has 0 N–H and O–H groups in total. The Bertz CT molecular complexity index is 262. The van der Waals surface area contributed by atoms with Crippen LogP contribution in [0.5, 0.6) is 0 Å². The number of unbranched alkanes of at least 4 members (excludes halogenated alkanes) is 1. The second-order valence-electron chi connectivity index (χ2n) is 3.29. The summed E-state index contributed by atoms with van der Waals surface area (Å²) in [6.07, 6.45) is 3.59.